The third-order valence-corrected chi connectivity index (χ3v) is 5.02. The molecule has 2 N–H and O–H groups in total. The van der Waals surface area contributed by atoms with Crippen molar-refractivity contribution in [2.75, 3.05) is 12.8 Å². The van der Waals surface area contributed by atoms with Crippen LogP contribution in [0.3, 0.4) is 0 Å². The molecule has 0 amide bonds. The van der Waals surface area contributed by atoms with Crippen molar-refractivity contribution < 1.29 is 8.42 Å². The minimum Gasteiger partial charge on any atom is -0.361 e. The highest BCUT2D eigenvalue weighted by Gasteiger charge is 2.24. The average molecular weight is 336 g/mol. The van der Waals surface area contributed by atoms with Crippen LogP contribution in [-0.2, 0) is 29.3 Å². The summed E-state index contributed by atoms with van der Waals surface area (Å²) in [5, 5.41) is -0.255. The molecule has 0 saturated heterocycles. The maximum absolute atomic E-state index is 12.1. The maximum atomic E-state index is 12.1. The van der Waals surface area contributed by atoms with E-state index in [2.05, 4.69) is 32.8 Å². The lowest BCUT2D eigenvalue weighted by Crippen LogP contribution is -2.35. The van der Waals surface area contributed by atoms with Crippen LogP contribution in [0, 0.1) is 13.8 Å². The molecule has 1 aliphatic rings. The van der Waals surface area contributed by atoms with Crippen molar-refractivity contribution in [2.24, 2.45) is 0 Å². The molecule has 3 heterocycles. The number of sulfone groups is 1. The van der Waals surface area contributed by atoms with E-state index in [4.69, 9.17) is 0 Å². The first-order chi connectivity index (χ1) is 10.7. The molecule has 1 aliphatic heterocycles. The van der Waals surface area contributed by atoms with Gasteiger partial charge in [-0.25, -0.2) is 13.4 Å². The van der Waals surface area contributed by atoms with Gasteiger partial charge in [-0.2, -0.15) is 0 Å². The van der Waals surface area contributed by atoms with Crippen molar-refractivity contribution in [2.45, 2.75) is 38.5 Å². The van der Waals surface area contributed by atoms with E-state index < -0.39 is 9.84 Å². The number of H-pyrrole nitrogens is 2. The van der Waals surface area contributed by atoms with Crippen molar-refractivity contribution in [1.29, 1.82) is 0 Å². The summed E-state index contributed by atoms with van der Waals surface area (Å²) in [7, 11) is -3.53. The largest absolute Gasteiger partial charge is 0.361 e. The van der Waals surface area contributed by atoms with Gasteiger partial charge < -0.3 is 4.98 Å². The minimum atomic E-state index is -3.53. The van der Waals surface area contributed by atoms with Crippen LogP contribution >= 0.6 is 0 Å². The molecular formula is C15H20N4O3S. The Kier molecular flexibility index (Phi) is 3.89. The highest BCUT2D eigenvalue weighted by Crippen LogP contribution is 2.19. The van der Waals surface area contributed by atoms with E-state index in [1.165, 1.54) is 5.56 Å². The molecule has 0 bridgehead atoms. The molecule has 0 spiro atoms. The Morgan fingerprint density at radius 2 is 2.04 bits per heavy atom. The van der Waals surface area contributed by atoms with E-state index in [1.807, 2.05) is 6.92 Å². The lowest BCUT2D eigenvalue weighted by molar-refractivity contribution is 0.236. The van der Waals surface area contributed by atoms with E-state index >= 15 is 0 Å². The zero-order valence-electron chi connectivity index (χ0n) is 13.4. The molecule has 0 atom stereocenters. The van der Waals surface area contributed by atoms with E-state index in [-0.39, 0.29) is 10.7 Å². The van der Waals surface area contributed by atoms with Crippen LogP contribution in [0.1, 0.15) is 28.2 Å². The van der Waals surface area contributed by atoms with Gasteiger partial charge in [0, 0.05) is 42.8 Å². The van der Waals surface area contributed by atoms with Crippen LogP contribution in [0.5, 0.6) is 0 Å². The maximum Gasteiger partial charge on any atom is 0.255 e. The number of aryl methyl sites for hydroxylation is 2. The predicted octanol–water partition coefficient (Wildman–Crippen LogP) is 0.677. The SMILES string of the molecule is Cc1cc(C)c(CN2CCc3c(nc(S(C)(=O)=O)[nH]c3=O)C2)[nH]1. The Balaban J connectivity index is 1.89. The lowest BCUT2D eigenvalue weighted by atomic mass is 10.1. The summed E-state index contributed by atoms with van der Waals surface area (Å²) in [4.78, 5) is 24.1. The van der Waals surface area contributed by atoms with Gasteiger partial charge in [0.15, 0.2) is 0 Å². The van der Waals surface area contributed by atoms with E-state index in [9.17, 15) is 13.2 Å². The standard InChI is InChI=1S/C15H20N4O3S/c1-9-6-10(2)16-12(9)7-19-5-4-11-13(8-19)17-15(18-14(11)20)23(3,21)22/h6,16H,4-5,7-8H2,1-3H3,(H,17,18,20). The number of hydrogen-bond acceptors (Lipinski definition) is 5. The summed E-state index contributed by atoms with van der Waals surface area (Å²) in [5.41, 5.74) is 4.25. The number of fused-ring (bicyclic) bond motifs is 1. The molecule has 0 saturated carbocycles. The second-order valence-corrected chi connectivity index (χ2v) is 8.07. The fourth-order valence-electron chi connectivity index (χ4n) is 2.95. The number of aromatic nitrogens is 3. The van der Waals surface area contributed by atoms with Crippen molar-refractivity contribution in [3.63, 3.8) is 0 Å². The Morgan fingerprint density at radius 3 is 2.65 bits per heavy atom. The van der Waals surface area contributed by atoms with E-state index in [0.29, 0.717) is 24.2 Å². The Morgan fingerprint density at radius 1 is 1.30 bits per heavy atom. The fraction of sp³-hybridized carbons (Fsp3) is 0.467. The van der Waals surface area contributed by atoms with Crippen LogP contribution in [0.25, 0.3) is 0 Å². The topological polar surface area (TPSA) is 98.9 Å². The summed E-state index contributed by atoms with van der Waals surface area (Å²) in [6, 6.07) is 2.10. The van der Waals surface area contributed by atoms with Crippen molar-refractivity contribution in [3.05, 3.63) is 44.6 Å². The Labute approximate surface area is 134 Å². The first kappa shape index (κ1) is 15.9. The second kappa shape index (κ2) is 5.61. The molecule has 2 aromatic heterocycles. The number of aromatic amines is 2. The quantitative estimate of drug-likeness (QED) is 0.803. The van der Waals surface area contributed by atoms with Crippen LogP contribution in [0.2, 0.25) is 0 Å². The number of hydrogen-bond donors (Lipinski definition) is 2. The molecule has 8 heteroatoms. The molecule has 2 aromatic rings. The third-order valence-electron chi connectivity index (χ3n) is 4.12. The first-order valence-electron chi connectivity index (χ1n) is 7.43. The van der Waals surface area contributed by atoms with Crippen molar-refractivity contribution in [3.8, 4) is 0 Å². The second-order valence-electron chi connectivity index (χ2n) is 6.14. The smallest absolute Gasteiger partial charge is 0.255 e. The molecule has 0 fully saturated rings. The molecular weight excluding hydrogens is 316 g/mol. The zero-order chi connectivity index (χ0) is 16.8. The molecule has 0 radical (unpaired) electrons. The number of nitrogens with one attached hydrogen (secondary N) is 2. The van der Waals surface area contributed by atoms with Gasteiger partial charge in [-0.05, 0) is 31.9 Å². The first-order valence-corrected chi connectivity index (χ1v) is 9.33. The number of rotatable bonds is 3. The van der Waals surface area contributed by atoms with Crippen LogP contribution in [-0.4, -0.2) is 41.1 Å². The van der Waals surface area contributed by atoms with Gasteiger partial charge in [-0.1, -0.05) is 0 Å². The lowest BCUT2D eigenvalue weighted by Gasteiger charge is -2.27. The highest BCUT2D eigenvalue weighted by atomic mass is 32.2. The molecule has 3 rings (SSSR count). The van der Waals surface area contributed by atoms with Gasteiger partial charge >= 0.3 is 0 Å². The van der Waals surface area contributed by atoms with Crippen LogP contribution < -0.4 is 5.56 Å². The van der Waals surface area contributed by atoms with Crippen molar-refractivity contribution in [1.82, 2.24) is 19.9 Å². The normalized spacial score (nSPS) is 15.6. The van der Waals surface area contributed by atoms with Crippen LogP contribution in [0.15, 0.2) is 16.0 Å². The van der Waals surface area contributed by atoms with Gasteiger partial charge in [0.1, 0.15) is 0 Å². The molecule has 0 unspecified atom stereocenters. The monoisotopic (exact) mass is 336 g/mol. The average Bonchev–Trinajstić information content (AvgIpc) is 2.75. The van der Waals surface area contributed by atoms with Gasteiger partial charge in [0.25, 0.3) is 5.56 Å². The Hall–Kier alpha value is -1.93. The summed E-state index contributed by atoms with van der Waals surface area (Å²) in [6.07, 6.45) is 1.61. The highest BCUT2D eigenvalue weighted by molar-refractivity contribution is 7.90. The summed E-state index contributed by atoms with van der Waals surface area (Å²) >= 11 is 0. The summed E-state index contributed by atoms with van der Waals surface area (Å²) in [5.74, 6) is 0. The molecule has 7 nitrogen and oxygen atoms in total. The molecule has 0 aliphatic carbocycles. The molecule has 124 valence electrons. The van der Waals surface area contributed by atoms with Gasteiger partial charge in [0.2, 0.25) is 15.0 Å². The van der Waals surface area contributed by atoms with Gasteiger partial charge in [-0.15, -0.1) is 0 Å². The van der Waals surface area contributed by atoms with Gasteiger partial charge in [0.05, 0.1) is 5.69 Å². The summed E-state index contributed by atoms with van der Waals surface area (Å²) < 4.78 is 23.3. The minimum absolute atomic E-state index is 0.255. The Bertz CT molecular complexity index is 911. The van der Waals surface area contributed by atoms with E-state index in [1.54, 1.807) is 0 Å². The third kappa shape index (κ3) is 3.23. The van der Waals surface area contributed by atoms with E-state index in [0.717, 1.165) is 30.7 Å². The molecule has 23 heavy (non-hydrogen) atoms. The number of nitrogens with zero attached hydrogens (tertiary/aromatic N) is 2. The zero-order valence-corrected chi connectivity index (χ0v) is 14.2. The summed E-state index contributed by atoms with van der Waals surface area (Å²) in [6.45, 7) is 6.01. The fourth-order valence-corrected chi connectivity index (χ4v) is 3.51. The molecule has 0 aromatic carbocycles. The van der Waals surface area contributed by atoms with Crippen LogP contribution in [0.4, 0.5) is 0 Å². The van der Waals surface area contributed by atoms with Crippen molar-refractivity contribution >= 4 is 9.84 Å². The van der Waals surface area contributed by atoms with Gasteiger partial charge in [-0.3, -0.25) is 14.7 Å². The predicted molar refractivity (Wildman–Crippen MR) is 86.1 cm³/mol.